The molecular weight excluding hydrogens is 529 g/mol. The van der Waals surface area contributed by atoms with Crippen LogP contribution in [0, 0.1) is 0 Å². The highest BCUT2D eigenvalue weighted by Gasteiger charge is 2.35. The fraction of sp³-hybridized carbons (Fsp3) is 0.481. The largest absolute Gasteiger partial charge is 0.465 e. The first-order valence-corrected chi connectivity index (χ1v) is 13.1. The van der Waals surface area contributed by atoms with Crippen LogP contribution in [0.4, 0.5) is 40.1 Å². The van der Waals surface area contributed by atoms with Crippen LogP contribution >= 0.6 is 0 Å². The molecule has 1 saturated carbocycles. The Bertz CT molecular complexity index is 1430. The van der Waals surface area contributed by atoms with Crippen molar-refractivity contribution < 1.29 is 32.6 Å². The van der Waals surface area contributed by atoms with Gasteiger partial charge < -0.3 is 20.1 Å². The van der Waals surface area contributed by atoms with E-state index in [4.69, 9.17) is 9.72 Å². The first-order valence-electron chi connectivity index (χ1n) is 13.1. The molecule has 5 rings (SSSR count). The van der Waals surface area contributed by atoms with Gasteiger partial charge in [0.15, 0.2) is 5.65 Å². The van der Waals surface area contributed by atoms with Crippen molar-refractivity contribution in [1.82, 2.24) is 19.5 Å². The van der Waals surface area contributed by atoms with Gasteiger partial charge in [-0.3, -0.25) is 0 Å². The number of halogens is 3. The summed E-state index contributed by atoms with van der Waals surface area (Å²) < 4.78 is 48.0. The van der Waals surface area contributed by atoms with Crippen molar-refractivity contribution in [3.05, 3.63) is 47.7 Å². The lowest BCUT2D eigenvalue weighted by molar-refractivity contribution is -0.137. The zero-order valence-corrected chi connectivity index (χ0v) is 22.4. The minimum Gasteiger partial charge on any atom is -0.465 e. The summed E-state index contributed by atoms with van der Waals surface area (Å²) in [6, 6.07) is 5.73. The summed E-state index contributed by atoms with van der Waals surface area (Å²) in [5.74, 6) is 0.732. The number of ether oxygens (including phenoxy) is 1. The van der Waals surface area contributed by atoms with Crippen molar-refractivity contribution in [3.8, 4) is 0 Å². The molecule has 0 radical (unpaired) electrons. The van der Waals surface area contributed by atoms with Gasteiger partial charge in [-0.05, 0) is 70.6 Å². The van der Waals surface area contributed by atoms with Crippen molar-refractivity contribution >= 4 is 35.2 Å². The maximum absolute atomic E-state index is 13.7. The number of amides is 2. The third kappa shape index (κ3) is 5.92. The average Bonchev–Trinajstić information content (AvgIpc) is 3.62. The molecule has 1 aromatic carbocycles. The Morgan fingerprint density at radius 1 is 1.15 bits per heavy atom. The number of piperidine rings is 1. The third-order valence-corrected chi connectivity index (χ3v) is 6.78. The molecule has 1 aliphatic heterocycles. The van der Waals surface area contributed by atoms with Crippen molar-refractivity contribution in [1.29, 1.82) is 0 Å². The molecule has 1 saturated heterocycles. The van der Waals surface area contributed by atoms with Crippen molar-refractivity contribution in [2.75, 3.05) is 23.3 Å². The fourth-order valence-corrected chi connectivity index (χ4v) is 4.82. The van der Waals surface area contributed by atoms with Crippen LogP contribution in [0.15, 0.2) is 36.5 Å². The van der Waals surface area contributed by atoms with Crippen LogP contribution in [0.3, 0.4) is 0 Å². The highest BCUT2D eigenvalue weighted by molar-refractivity contribution is 5.96. The van der Waals surface area contributed by atoms with Crippen LogP contribution in [0.2, 0.25) is 0 Å². The standard InChI is InChI=1S/C27H31F3N6O4/c1-26(2,3)40-25(39)35(19-8-4-6-17(12-19)27(28,29)30)22-13-21(32-18-7-5-11-34(15-18)24(37)38)33-23-20(16-9-10-16)14-31-36(22)23/h4,6,8,12-14,16,18H,5,7,9-11,15H2,1-3H3,(H,32,33)(H,37,38). The molecule has 0 spiro atoms. The lowest BCUT2D eigenvalue weighted by atomic mass is 10.1. The summed E-state index contributed by atoms with van der Waals surface area (Å²) in [6.45, 7) is 5.68. The second-order valence-corrected chi connectivity index (χ2v) is 11.2. The van der Waals surface area contributed by atoms with Crippen LogP contribution in [0.25, 0.3) is 5.65 Å². The quantitative estimate of drug-likeness (QED) is 0.379. The van der Waals surface area contributed by atoms with E-state index in [1.807, 2.05) is 0 Å². The molecule has 2 fully saturated rings. The number of carbonyl (C=O) groups excluding carboxylic acids is 1. The molecule has 1 atom stereocenters. The maximum atomic E-state index is 13.7. The smallest absolute Gasteiger partial charge is 0.420 e. The molecule has 1 aliphatic carbocycles. The van der Waals surface area contributed by atoms with Gasteiger partial charge in [-0.2, -0.15) is 22.8 Å². The van der Waals surface area contributed by atoms with Crippen LogP contribution in [-0.4, -0.2) is 61.5 Å². The van der Waals surface area contributed by atoms with Gasteiger partial charge in [0.1, 0.15) is 17.2 Å². The number of nitrogens with zero attached hydrogens (tertiary/aromatic N) is 5. The second-order valence-electron chi connectivity index (χ2n) is 11.2. The van der Waals surface area contributed by atoms with E-state index in [1.165, 1.54) is 27.6 Å². The summed E-state index contributed by atoms with van der Waals surface area (Å²) in [7, 11) is 0. The van der Waals surface area contributed by atoms with Gasteiger partial charge >= 0.3 is 18.4 Å². The molecule has 10 nitrogen and oxygen atoms in total. The Hall–Kier alpha value is -4.03. The fourth-order valence-electron chi connectivity index (χ4n) is 4.82. The number of benzene rings is 1. The number of carbonyl (C=O) groups is 2. The first kappa shape index (κ1) is 27.5. The zero-order valence-electron chi connectivity index (χ0n) is 22.4. The Kier molecular flexibility index (Phi) is 7.01. The Morgan fingerprint density at radius 3 is 2.55 bits per heavy atom. The zero-order chi connectivity index (χ0) is 28.8. The second kappa shape index (κ2) is 10.2. The van der Waals surface area contributed by atoms with Gasteiger partial charge in [0, 0.05) is 30.8 Å². The van der Waals surface area contributed by atoms with E-state index in [1.54, 1.807) is 27.0 Å². The van der Waals surface area contributed by atoms with E-state index >= 15 is 0 Å². The number of nitrogens with one attached hydrogen (secondary N) is 1. The van der Waals surface area contributed by atoms with Crippen LogP contribution in [-0.2, 0) is 10.9 Å². The number of hydrogen-bond donors (Lipinski definition) is 2. The monoisotopic (exact) mass is 560 g/mol. The molecule has 3 aromatic rings. The van der Waals surface area contributed by atoms with E-state index in [0.29, 0.717) is 30.9 Å². The summed E-state index contributed by atoms with van der Waals surface area (Å²) in [6.07, 6.45) is -1.59. The maximum Gasteiger partial charge on any atom is 0.420 e. The van der Waals surface area contributed by atoms with Crippen LogP contribution < -0.4 is 10.2 Å². The number of carboxylic acid groups (broad SMARTS) is 1. The minimum absolute atomic E-state index is 0.0549. The Morgan fingerprint density at radius 2 is 1.90 bits per heavy atom. The van der Waals surface area contributed by atoms with Gasteiger partial charge in [-0.1, -0.05) is 6.07 Å². The SMILES string of the molecule is CC(C)(C)OC(=O)N(c1cccc(C(F)(F)F)c1)c1cc(NC2CCCN(C(=O)O)C2)nc2c(C3CC3)cnn12. The number of anilines is 3. The van der Waals surface area contributed by atoms with Gasteiger partial charge in [-0.15, -0.1) is 0 Å². The summed E-state index contributed by atoms with van der Waals surface area (Å²) in [5, 5.41) is 17.2. The highest BCUT2D eigenvalue weighted by atomic mass is 19.4. The van der Waals surface area contributed by atoms with Crippen LogP contribution in [0.1, 0.15) is 63.5 Å². The molecule has 2 aliphatic rings. The summed E-state index contributed by atoms with van der Waals surface area (Å²) in [5.41, 5.74) is -0.573. The minimum atomic E-state index is -4.63. The molecule has 2 aromatic heterocycles. The molecule has 1 unspecified atom stereocenters. The number of aromatic nitrogens is 3. The van der Waals surface area contributed by atoms with E-state index in [2.05, 4.69) is 10.4 Å². The lowest BCUT2D eigenvalue weighted by Crippen LogP contribution is -2.44. The molecule has 2 amide bonds. The van der Waals surface area contributed by atoms with Gasteiger partial charge in [-0.25, -0.2) is 19.5 Å². The van der Waals surface area contributed by atoms with E-state index in [-0.39, 0.29) is 30.0 Å². The molecule has 13 heteroatoms. The topological polar surface area (TPSA) is 112 Å². The number of likely N-dealkylation sites (tertiary alicyclic amines) is 1. The van der Waals surface area contributed by atoms with Gasteiger partial charge in [0.25, 0.3) is 0 Å². The number of hydrogen-bond acceptors (Lipinski definition) is 6. The summed E-state index contributed by atoms with van der Waals surface area (Å²) >= 11 is 0. The molecular formula is C27H31F3N6O4. The predicted molar refractivity (Wildman–Crippen MR) is 141 cm³/mol. The van der Waals surface area contributed by atoms with Crippen molar-refractivity contribution in [3.63, 3.8) is 0 Å². The number of alkyl halides is 3. The molecule has 2 N–H and O–H groups in total. The van der Waals surface area contributed by atoms with E-state index in [9.17, 15) is 27.9 Å². The molecule has 214 valence electrons. The Labute approximate surface area is 228 Å². The average molecular weight is 561 g/mol. The lowest BCUT2D eigenvalue weighted by Gasteiger charge is -2.32. The van der Waals surface area contributed by atoms with Gasteiger partial charge in [0.2, 0.25) is 0 Å². The van der Waals surface area contributed by atoms with E-state index < -0.39 is 29.5 Å². The molecule has 3 heterocycles. The highest BCUT2D eigenvalue weighted by Crippen LogP contribution is 2.43. The normalized spacial score (nSPS) is 18.1. The van der Waals surface area contributed by atoms with Crippen LogP contribution in [0.5, 0.6) is 0 Å². The number of rotatable bonds is 5. The van der Waals surface area contributed by atoms with Crippen molar-refractivity contribution in [2.24, 2.45) is 0 Å². The number of fused-ring (bicyclic) bond motifs is 1. The van der Waals surface area contributed by atoms with Gasteiger partial charge in [0.05, 0.1) is 17.4 Å². The third-order valence-electron chi connectivity index (χ3n) is 6.78. The summed E-state index contributed by atoms with van der Waals surface area (Å²) in [4.78, 5) is 32.3. The first-order chi connectivity index (χ1) is 18.8. The molecule has 40 heavy (non-hydrogen) atoms. The predicted octanol–water partition coefficient (Wildman–Crippen LogP) is 6.25. The molecule has 0 bridgehead atoms. The Balaban J connectivity index is 1.64. The van der Waals surface area contributed by atoms with Crippen molar-refractivity contribution in [2.45, 2.75) is 70.2 Å². The van der Waals surface area contributed by atoms with E-state index in [0.717, 1.165) is 35.4 Å².